The van der Waals surface area contributed by atoms with E-state index in [1.54, 1.807) is 6.20 Å². The van der Waals surface area contributed by atoms with Crippen LogP contribution < -0.4 is 10.5 Å². The third kappa shape index (κ3) is 2.84. The molecule has 0 aliphatic carbocycles. The molecule has 0 saturated carbocycles. The molecule has 1 aromatic rings. The Kier molecular flexibility index (Phi) is 3.60. The van der Waals surface area contributed by atoms with Gasteiger partial charge in [-0.1, -0.05) is 6.92 Å². The standard InChI is InChI=1S/C11H17BrN2O/c1-5-11(3,4)15-10-9(12)7(2)8(13)6-14-10/h6H,5,13H2,1-4H3. The predicted molar refractivity (Wildman–Crippen MR) is 66.1 cm³/mol. The van der Waals surface area contributed by atoms with Crippen molar-refractivity contribution < 1.29 is 4.74 Å². The highest BCUT2D eigenvalue weighted by molar-refractivity contribution is 9.10. The van der Waals surface area contributed by atoms with Gasteiger partial charge in [0.1, 0.15) is 5.60 Å². The van der Waals surface area contributed by atoms with E-state index in [2.05, 4.69) is 27.8 Å². The summed E-state index contributed by atoms with van der Waals surface area (Å²) < 4.78 is 6.64. The largest absolute Gasteiger partial charge is 0.471 e. The van der Waals surface area contributed by atoms with Crippen molar-refractivity contribution in [2.45, 2.75) is 39.7 Å². The molecule has 0 unspecified atom stereocenters. The van der Waals surface area contributed by atoms with Gasteiger partial charge in [0.2, 0.25) is 5.88 Å². The molecule has 1 rings (SSSR count). The minimum Gasteiger partial charge on any atom is -0.471 e. The van der Waals surface area contributed by atoms with E-state index in [1.807, 2.05) is 20.8 Å². The smallest absolute Gasteiger partial charge is 0.228 e. The maximum absolute atomic E-state index is 5.80. The third-order valence-electron chi connectivity index (χ3n) is 2.50. The molecule has 2 N–H and O–H groups in total. The fourth-order valence-electron chi connectivity index (χ4n) is 0.974. The lowest BCUT2D eigenvalue weighted by atomic mass is 10.1. The number of aromatic nitrogens is 1. The fourth-order valence-corrected chi connectivity index (χ4v) is 1.39. The summed E-state index contributed by atoms with van der Waals surface area (Å²) in [6.45, 7) is 8.09. The number of nitrogen functional groups attached to an aromatic ring is 1. The van der Waals surface area contributed by atoms with Crippen LogP contribution in [0.3, 0.4) is 0 Å². The first kappa shape index (κ1) is 12.3. The molecule has 0 amide bonds. The van der Waals surface area contributed by atoms with Crippen molar-refractivity contribution in [2.75, 3.05) is 5.73 Å². The topological polar surface area (TPSA) is 48.1 Å². The molecule has 3 nitrogen and oxygen atoms in total. The zero-order valence-electron chi connectivity index (χ0n) is 9.60. The van der Waals surface area contributed by atoms with Crippen molar-refractivity contribution in [2.24, 2.45) is 0 Å². The monoisotopic (exact) mass is 272 g/mol. The average Bonchev–Trinajstić information content (AvgIpc) is 2.19. The number of ether oxygens (including phenoxy) is 1. The number of hydrogen-bond acceptors (Lipinski definition) is 3. The maximum atomic E-state index is 5.80. The van der Waals surface area contributed by atoms with Crippen molar-refractivity contribution in [3.63, 3.8) is 0 Å². The lowest BCUT2D eigenvalue weighted by molar-refractivity contribution is 0.0979. The number of halogens is 1. The quantitative estimate of drug-likeness (QED) is 0.919. The van der Waals surface area contributed by atoms with E-state index in [4.69, 9.17) is 10.5 Å². The van der Waals surface area contributed by atoms with Crippen LogP contribution >= 0.6 is 15.9 Å². The summed E-state index contributed by atoms with van der Waals surface area (Å²) in [7, 11) is 0. The van der Waals surface area contributed by atoms with Crippen molar-refractivity contribution >= 4 is 21.6 Å². The third-order valence-corrected chi connectivity index (χ3v) is 3.43. The molecule has 0 bridgehead atoms. The van der Waals surface area contributed by atoms with E-state index < -0.39 is 0 Å². The normalized spacial score (nSPS) is 11.5. The van der Waals surface area contributed by atoms with Gasteiger partial charge in [0.05, 0.1) is 16.4 Å². The molecule has 1 heterocycles. The Labute approximate surface area is 99.2 Å². The van der Waals surface area contributed by atoms with Crippen LogP contribution in [0, 0.1) is 6.92 Å². The molecule has 15 heavy (non-hydrogen) atoms. The summed E-state index contributed by atoms with van der Waals surface area (Å²) in [5.74, 6) is 0.605. The van der Waals surface area contributed by atoms with Gasteiger partial charge in [0.15, 0.2) is 0 Å². The van der Waals surface area contributed by atoms with E-state index in [0.29, 0.717) is 11.6 Å². The lowest BCUT2D eigenvalue weighted by Gasteiger charge is -2.25. The highest BCUT2D eigenvalue weighted by atomic mass is 79.9. The summed E-state index contributed by atoms with van der Waals surface area (Å²) in [6, 6.07) is 0. The van der Waals surface area contributed by atoms with Crippen molar-refractivity contribution in [1.82, 2.24) is 4.98 Å². The highest BCUT2D eigenvalue weighted by Gasteiger charge is 2.20. The number of rotatable bonds is 3. The second kappa shape index (κ2) is 4.39. The Hall–Kier alpha value is -0.770. The number of nitrogens with two attached hydrogens (primary N) is 1. The number of pyridine rings is 1. The van der Waals surface area contributed by atoms with Gasteiger partial charge < -0.3 is 10.5 Å². The zero-order valence-corrected chi connectivity index (χ0v) is 11.2. The number of hydrogen-bond donors (Lipinski definition) is 1. The van der Waals surface area contributed by atoms with Gasteiger partial charge in [-0.15, -0.1) is 0 Å². The van der Waals surface area contributed by atoms with Crippen LogP contribution in [0.4, 0.5) is 5.69 Å². The minimum atomic E-state index is -0.210. The molecule has 0 fully saturated rings. The molecule has 0 aromatic carbocycles. The van der Waals surface area contributed by atoms with E-state index in [0.717, 1.165) is 16.5 Å². The van der Waals surface area contributed by atoms with Crippen LogP contribution in [0.2, 0.25) is 0 Å². The first-order valence-corrected chi connectivity index (χ1v) is 5.76. The van der Waals surface area contributed by atoms with Gasteiger partial charge >= 0.3 is 0 Å². The van der Waals surface area contributed by atoms with Gasteiger partial charge in [-0.3, -0.25) is 0 Å². The van der Waals surface area contributed by atoms with E-state index >= 15 is 0 Å². The van der Waals surface area contributed by atoms with Crippen molar-refractivity contribution in [3.05, 3.63) is 16.2 Å². The summed E-state index contributed by atoms with van der Waals surface area (Å²) in [5, 5.41) is 0. The Balaban J connectivity index is 3.02. The lowest BCUT2D eigenvalue weighted by Crippen LogP contribution is -2.27. The number of anilines is 1. The van der Waals surface area contributed by atoms with Crippen LogP contribution in [0.25, 0.3) is 0 Å². The Bertz CT molecular complexity index is 364. The van der Waals surface area contributed by atoms with Gasteiger partial charge in [-0.25, -0.2) is 4.98 Å². The first-order chi connectivity index (χ1) is 6.87. The van der Waals surface area contributed by atoms with Crippen LogP contribution in [0.15, 0.2) is 10.7 Å². The Morgan fingerprint density at radius 2 is 2.13 bits per heavy atom. The van der Waals surface area contributed by atoms with E-state index in [9.17, 15) is 0 Å². The van der Waals surface area contributed by atoms with Gasteiger partial charge in [0.25, 0.3) is 0 Å². The van der Waals surface area contributed by atoms with Crippen molar-refractivity contribution in [1.29, 1.82) is 0 Å². The van der Waals surface area contributed by atoms with Crippen LogP contribution in [0.1, 0.15) is 32.8 Å². The Morgan fingerprint density at radius 1 is 1.53 bits per heavy atom. The molecule has 84 valence electrons. The second-order valence-corrected chi connectivity index (χ2v) is 4.97. The van der Waals surface area contributed by atoms with Crippen LogP contribution in [0.5, 0.6) is 5.88 Å². The molecule has 0 aliphatic heterocycles. The second-order valence-electron chi connectivity index (χ2n) is 4.17. The SMILES string of the molecule is CCC(C)(C)Oc1ncc(N)c(C)c1Br. The molecule has 1 aromatic heterocycles. The maximum Gasteiger partial charge on any atom is 0.228 e. The summed E-state index contributed by atoms with van der Waals surface area (Å²) in [6.07, 6.45) is 2.55. The molecule has 0 spiro atoms. The fraction of sp³-hybridized carbons (Fsp3) is 0.545. The molecular weight excluding hydrogens is 256 g/mol. The van der Waals surface area contributed by atoms with E-state index in [-0.39, 0.29) is 5.60 Å². The van der Waals surface area contributed by atoms with Gasteiger partial charge in [0, 0.05) is 0 Å². The van der Waals surface area contributed by atoms with Crippen molar-refractivity contribution in [3.8, 4) is 5.88 Å². The average molecular weight is 273 g/mol. The molecule has 0 saturated heterocycles. The zero-order chi connectivity index (χ0) is 11.6. The molecule has 0 aliphatic rings. The molecule has 0 radical (unpaired) electrons. The predicted octanol–water partition coefficient (Wildman–Crippen LogP) is 3.30. The first-order valence-electron chi connectivity index (χ1n) is 4.97. The van der Waals surface area contributed by atoms with E-state index in [1.165, 1.54) is 0 Å². The Morgan fingerprint density at radius 3 is 2.67 bits per heavy atom. The molecule has 0 atom stereocenters. The summed E-state index contributed by atoms with van der Waals surface area (Å²) in [5.41, 5.74) is 7.16. The van der Waals surface area contributed by atoms with Crippen LogP contribution in [-0.2, 0) is 0 Å². The molecule has 4 heteroatoms. The summed E-state index contributed by atoms with van der Waals surface area (Å²) >= 11 is 3.45. The van der Waals surface area contributed by atoms with Gasteiger partial charge in [-0.05, 0) is 48.7 Å². The minimum absolute atomic E-state index is 0.210. The number of nitrogens with zero attached hydrogens (tertiary/aromatic N) is 1. The highest BCUT2D eigenvalue weighted by Crippen LogP contribution is 2.32. The van der Waals surface area contributed by atoms with Gasteiger partial charge in [-0.2, -0.15) is 0 Å². The molecular formula is C11H17BrN2O. The van der Waals surface area contributed by atoms with Crippen LogP contribution in [-0.4, -0.2) is 10.6 Å². The summed E-state index contributed by atoms with van der Waals surface area (Å²) in [4.78, 5) is 4.18.